The van der Waals surface area contributed by atoms with Gasteiger partial charge in [-0.2, -0.15) is 13.1 Å². The van der Waals surface area contributed by atoms with Crippen molar-refractivity contribution < 1.29 is 50.0 Å². The Balaban J connectivity index is 0.997. The summed E-state index contributed by atoms with van der Waals surface area (Å²) in [6.07, 6.45) is 4.15. The number of sulfonamides is 1. The zero-order valence-electron chi connectivity index (χ0n) is 42.8. The van der Waals surface area contributed by atoms with Crippen molar-refractivity contribution in [1.82, 2.24) is 30.2 Å². The van der Waals surface area contributed by atoms with Crippen LogP contribution >= 0.6 is 0 Å². The van der Waals surface area contributed by atoms with Gasteiger partial charge in [0, 0.05) is 56.6 Å². The number of esters is 1. The molecule has 6 N–H and O–H groups in total. The van der Waals surface area contributed by atoms with Crippen LogP contribution < -0.4 is 30.7 Å². The van der Waals surface area contributed by atoms with Gasteiger partial charge in [-0.15, -0.1) is 0 Å². The first-order chi connectivity index (χ1) is 36.3. The number of carbonyl (C=O) groups excluding carboxylic acids is 4. The van der Waals surface area contributed by atoms with Crippen LogP contribution in [0.1, 0.15) is 70.4 Å². The fourth-order valence-electron chi connectivity index (χ4n) is 9.33. The predicted molar refractivity (Wildman–Crippen MR) is 288 cm³/mol. The van der Waals surface area contributed by atoms with Crippen molar-refractivity contribution in [3.8, 4) is 5.75 Å². The second-order valence-electron chi connectivity index (χ2n) is 18.4. The number of hydrogen-bond acceptors (Lipinski definition) is 14. The molecule has 0 aliphatic carbocycles. The molecular weight excluding hydrogens is 1010 g/mol. The summed E-state index contributed by atoms with van der Waals surface area (Å²) < 4.78 is 74.0. The summed E-state index contributed by atoms with van der Waals surface area (Å²) in [5.74, 6) is -2.84. The summed E-state index contributed by atoms with van der Waals surface area (Å²) in [7, 11) is -7.46. The zero-order chi connectivity index (χ0) is 54.6. The third kappa shape index (κ3) is 13.5. The minimum atomic E-state index is -4.42. The van der Waals surface area contributed by atoms with Gasteiger partial charge in [0.1, 0.15) is 23.0 Å². The molecule has 1 aliphatic rings. The number of aryl methyl sites for hydroxylation is 2. The molecule has 19 nitrogen and oxygen atoms in total. The first-order valence-electron chi connectivity index (χ1n) is 24.6. The maximum atomic E-state index is 13.9. The molecule has 6 aromatic rings. The molecule has 0 saturated carbocycles. The lowest BCUT2D eigenvalue weighted by Crippen LogP contribution is -2.51. The van der Waals surface area contributed by atoms with Gasteiger partial charge in [0.25, 0.3) is 16.0 Å². The van der Waals surface area contributed by atoms with Gasteiger partial charge in [0.15, 0.2) is 5.78 Å². The van der Waals surface area contributed by atoms with Crippen molar-refractivity contribution in [1.29, 1.82) is 0 Å². The molecular formula is C55H62N8O11S2. The van der Waals surface area contributed by atoms with Crippen molar-refractivity contribution in [2.24, 2.45) is 10.9 Å². The SMILES string of the molecule is COC(=O)[C@H](CNC(=O)C1=Nc2cc(CNc3nccn3C(c3ccccc3)(c3ccccc3)c3ccccc3)ccc2C(=O)[C@H]1C)NS(=O)(=O)c1c(C)cc(OCCCC(=O)NCCN[C@H](C)CS(=O)(=O)O)cc1C. The molecule has 0 unspecified atom stereocenters. The Morgan fingerprint density at radius 3 is 2.01 bits per heavy atom. The Labute approximate surface area is 442 Å². The molecule has 1 aliphatic heterocycles. The van der Waals surface area contributed by atoms with E-state index >= 15 is 0 Å². The molecule has 3 atom stereocenters. The first-order valence-corrected chi connectivity index (χ1v) is 27.7. The number of ketones is 1. The predicted octanol–water partition coefficient (Wildman–Crippen LogP) is 5.63. The molecule has 5 aromatic carbocycles. The molecule has 0 radical (unpaired) electrons. The highest BCUT2D eigenvalue weighted by Crippen LogP contribution is 2.42. The largest absolute Gasteiger partial charge is 0.494 e. The quantitative estimate of drug-likeness (QED) is 0.0176. The summed E-state index contributed by atoms with van der Waals surface area (Å²) >= 11 is 0. The lowest BCUT2D eigenvalue weighted by molar-refractivity contribution is -0.142. The number of methoxy groups -OCH3 is 1. The van der Waals surface area contributed by atoms with Gasteiger partial charge in [-0.25, -0.2) is 18.4 Å². The molecule has 76 heavy (non-hydrogen) atoms. The van der Waals surface area contributed by atoms with E-state index in [2.05, 4.69) is 71.9 Å². The maximum absolute atomic E-state index is 13.9. The second kappa shape index (κ2) is 24.9. The van der Waals surface area contributed by atoms with E-state index in [-0.39, 0.29) is 54.1 Å². The van der Waals surface area contributed by atoms with Gasteiger partial charge < -0.3 is 30.7 Å². The van der Waals surface area contributed by atoms with E-state index in [9.17, 15) is 36.0 Å². The van der Waals surface area contributed by atoms with Crippen molar-refractivity contribution in [2.45, 2.75) is 69.6 Å². The smallest absolute Gasteiger partial charge is 0.325 e. The van der Waals surface area contributed by atoms with Gasteiger partial charge in [-0.1, -0.05) is 97.1 Å². The van der Waals surface area contributed by atoms with Crippen LogP contribution in [0.4, 0.5) is 11.6 Å². The molecule has 2 heterocycles. The highest BCUT2D eigenvalue weighted by atomic mass is 32.2. The number of anilines is 1. The summed E-state index contributed by atoms with van der Waals surface area (Å²) in [5, 5.41) is 11.7. The van der Waals surface area contributed by atoms with Crippen LogP contribution in [0.25, 0.3) is 0 Å². The molecule has 7 rings (SSSR count). The second-order valence-corrected chi connectivity index (χ2v) is 21.6. The number of nitrogens with one attached hydrogen (secondary N) is 5. The number of nitrogens with zero attached hydrogens (tertiary/aromatic N) is 3. The van der Waals surface area contributed by atoms with Crippen LogP contribution in [0.15, 0.2) is 144 Å². The molecule has 400 valence electrons. The fourth-order valence-corrected chi connectivity index (χ4v) is 11.7. The first kappa shape index (κ1) is 56.2. The van der Waals surface area contributed by atoms with Gasteiger partial charge in [0.2, 0.25) is 21.9 Å². The van der Waals surface area contributed by atoms with Crippen molar-refractivity contribution in [2.75, 3.05) is 44.4 Å². The normalized spacial score (nSPS) is 14.4. The van der Waals surface area contributed by atoms with Crippen molar-refractivity contribution >= 4 is 61.1 Å². The molecule has 21 heteroatoms. The number of Topliss-reactive ketones (excluding diaryl/α,β-unsaturated/α-hetero) is 1. The van der Waals surface area contributed by atoms with Crippen LogP contribution in [0.3, 0.4) is 0 Å². The van der Waals surface area contributed by atoms with Gasteiger partial charge >= 0.3 is 5.97 Å². The molecule has 0 spiro atoms. The molecule has 0 saturated heterocycles. The summed E-state index contributed by atoms with van der Waals surface area (Å²) in [5.41, 5.74) is 4.03. The Bertz CT molecular complexity index is 3180. The minimum absolute atomic E-state index is 0.121. The van der Waals surface area contributed by atoms with Gasteiger partial charge in [0.05, 0.1) is 36.0 Å². The number of fused-ring (bicyclic) bond motifs is 1. The Kier molecular flexibility index (Phi) is 18.4. The summed E-state index contributed by atoms with van der Waals surface area (Å²) in [4.78, 5) is 62.3. The average molecular weight is 1080 g/mol. The van der Waals surface area contributed by atoms with Crippen LogP contribution in [0.2, 0.25) is 0 Å². The third-order valence-corrected chi connectivity index (χ3v) is 15.5. The summed E-state index contributed by atoms with van der Waals surface area (Å²) in [6.45, 7) is 6.67. The topological polar surface area (TPSA) is 266 Å². The highest BCUT2D eigenvalue weighted by molar-refractivity contribution is 7.89. The van der Waals surface area contributed by atoms with E-state index in [4.69, 9.17) is 19.0 Å². The monoisotopic (exact) mass is 1070 g/mol. The fraction of sp³-hybridized carbons (Fsp3) is 0.309. The van der Waals surface area contributed by atoms with Gasteiger partial charge in [-0.3, -0.25) is 28.3 Å². The van der Waals surface area contributed by atoms with E-state index in [0.29, 0.717) is 41.4 Å². The Morgan fingerprint density at radius 2 is 1.43 bits per heavy atom. The molecule has 2 amide bonds. The van der Waals surface area contributed by atoms with E-state index in [1.165, 1.54) is 12.1 Å². The Hall–Kier alpha value is -7.56. The molecule has 1 aromatic heterocycles. The summed E-state index contributed by atoms with van der Waals surface area (Å²) in [6, 6.07) is 36.7. The van der Waals surface area contributed by atoms with Gasteiger partial charge in [-0.05, 0) is 91.8 Å². The van der Waals surface area contributed by atoms with Crippen LogP contribution in [0, 0.1) is 19.8 Å². The number of aromatic nitrogens is 2. The lowest BCUT2D eigenvalue weighted by atomic mass is 9.76. The van der Waals surface area contributed by atoms with Crippen molar-refractivity contribution in [3.05, 3.63) is 173 Å². The Morgan fingerprint density at radius 1 is 0.829 bits per heavy atom. The maximum Gasteiger partial charge on any atom is 0.325 e. The average Bonchev–Trinajstić information content (AvgIpc) is 3.90. The number of hydrogen-bond donors (Lipinski definition) is 6. The van der Waals surface area contributed by atoms with E-state index in [1.54, 1.807) is 46.0 Å². The van der Waals surface area contributed by atoms with E-state index in [1.807, 2.05) is 66.9 Å². The van der Waals surface area contributed by atoms with Crippen molar-refractivity contribution in [3.63, 3.8) is 0 Å². The lowest BCUT2D eigenvalue weighted by Gasteiger charge is -2.38. The standard InChI is InChI=1S/C55H62N8O11S2/c1-36-30-44(74-29-15-22-48(64)57-26-25-56-38(3)35-75(68,69)70)31-37(2)51(36)76(71,72)62-47(53(67)73-5)34-59-52(66)49-39(4)50(65)45-24-23-40(32-46(45)61-49)33-60-54-58-27-28-63(54)55(41-16-9-6-10-17-41,42-18-11-7-12-19-42)43-20-13-8-14-21-43/h6-14,16-21,23-24,27-28,30-32,38-39,47,56,62H,15,22,25-26,29,33-35H2,1-5H3,(H,57,64)(H,58,60)(H,59,66)(H,68,69,70)/t38-,39+,47+/m1/s1. The molecule has 0 bridgehead atoms. The van der Waals surface area contributed by atoms with E-state index < -0.39 is 67.9 Å². The molecule has 0 fully saturated rings. The number of aliphatic imine (C=N–C) groups is 1. The number of ether oxygens (including phenoxy) is 2. The van der Waals surface area contributed by atoms with Crippen LogP contribution in [0.5, 0.6) is 5.75 Å². The number of rotatable bonds is 25. The third-order valence-electron chi connectivity index (χ3n) is 12.8. The number of carbonyl (C=O) groups is 4. The van der Waals surface area contributed by atoms with Crippen LogP contribution in [-0.4, -0.2) is 111 Å². The number of benzene rings is 5. The number of amides is 2. The zero-order valence-corrected chi connectivity index (χ0v) is 44.4. The number of imidazole rings is 1. The highest BCUT2D eigenvalue weighted by Gasteiger charge is 2.40. The minimum Gasteiger partial charge on any atom is -0.494 e. The van der Waals surface area contributed by atoms with Crippen LogP contribution in [-0.2, 0) is 51.3 Å². The van der Waals surface area contributed by atoms with E-state index in [0.717, 1.165) is 29.4 Å².